The van der Waals surface area contributed by atoms with Crippen molar-refractivity contribution in [2.24, 2.45) is 5.10 Å². The fourth-order valence-electron chi connectivity index (χ4n) is 2.41. The number of hydrogen-bond acceptors (Lipinski definition) is 5. The van der Waals surface area contributed by atoms with Gasteiger partial charge in [-0.3, -0.25) is 4.79 Å². The second-order valence-electron chi connectivity index (χ2n) is 5.71. The van der Waals surface area contributed by atoms with Gasteiger partial charge in [-0.05, 0) is 72.0 Å². The summed E-state index contributed by atoms with van der Waals surface area (Å²) < 4.78 is 11.6. The van der Waals surface area contributed by atoms with Gasteiger partial charge >= 0.3 is 5.97 Å². The first-order chi connectivity index (χ1) is 13.6. The number of carbonyl (C=O) groups excluding carboxylic acids is 2. The van der Waals surface area contributed by atoms with Crippen LogP contribution in [0.25, 0.3) is 11.3 Å². The van der Waals surface area contributed by atoms with E-state index in [1.165, 1.54) is 6.21 Å². The van der Waals surface area contributed by atoms with Crippen molar-refractivity contribution in [1.82, 2.24) is 5.43 Å². The Kier molecular flexibility index (Phi) is 6.59. The molecule has 0 radical (unpaired) electrons. The summed E-state index contributed by atoms with van der Waals surface area (Å²) in [6.07, 6.45) is 1.43. The number of halogens is 1. The zero-order valence-electron chi connectivity index (χ0n) is 15.0. The third-order valence-corrected chi connectivity index (χ3v) is 4.42. The van der Waals surface area contributed by atoms with E-state index in [1.807, 2.05) is 12.1 Å². The largest absolute Gasteiger partial charge is 0.462 e. The van der Waals surface area contributed by atoms with E-state index < -0.39 is 0 Å². The smallest absolute Gasteiger partial charge is 0.338 e. The Balaban J connectivity index is 1.63. The van der Waals surface area contributed by atoms with Crippen molar-refractivity contribution in [2.75, 3.05) is 6.61 Å². The SMILES string of the molecule is CCOC(=O)c1ccc(-c2ccc(/C=N/NC(=O)c3cccc(I)c3)o2)cc1. The van der Waals surface area contributed by atoms with Crippen LogP contribution in [0.4, 0.5) is 0 Å². The number of rotatable bonds is 6. The number of nitrogens with zero attached hydrogens (tertiary/aromatic N) is 1. The third-order valence-electron chi connectivity index (χ3n) is 3.75. The van der Waals surface area contributed by atoms with E-state index in [4.69, 9.17) is 9.15 Å². The molecule has 0 fully saturated rings. The number of hydrazone groups is 1. The molecule has 0 atom stereocenters. The van der Waals surface area contributed by atoms with Crippen LogP contribution in [0.5, 0.6) is 0 Å². The van der Waals surface area contributed by atoms with Crippen LogP contribution < -0.4 is 5.43 Å². The second kappa shape index (κ2) is 9.32. The number of esters is 1. The summed E-state index contributed by atoms with van der Waals surface area (Å²) in [5, 5.41) is 3.93. The zero-order chi connectivity index (χ0) is 19.9. The summed E-state index contributed by atoms with van der Waals surface area (Å²) in [5.74, 6) is 0.467. The molecule has 1 heterocycles. The highest BCUT2D eigenvalue weighted by Crippen LogP contribution is 2.22. The van der Waals surface area contributed by atoms with Crippen molar-refractivity contribution >= 4 is 40.7 Å². The number of carbonyl (C=O) groups is 2. The van der Waals surface area contributed by atoms with E-state index in [0.29, 0.717) is 29.3 Å². The Morgan fingerprint density at radius 2 is 1.89 bits per heavy atom. The van der Waals surface area contributed by atoms with Crippen molar-refractivity contribution in [2.45, 2.75) is 6.92 Å². The minimum atomic E-state index is -0.356. The molecule has 0 aliphatic carbocycles. The first kappa shape index (κ1) is 19.8. The highest BCUT2D eigenvalue weighted by Gasteiger charge is 2.09. The molecule has 1 aromatic heterocycles. The van der Waals surface area contributed by atoms with Gasteiger partial charge in [0.05, 0.1) is 18.4 Å². The lowest BCUT2D eigenvalue weighted by Crippen LogP contribution is -2.17. The molecule has 28 heavy (non-hydrogen) atoms. The fourth-order valence-corrected chi connectivity index (χ4v) is 2.95. The van der Waals surface area contributed by atoms with Crippen LogP contribution in [0, 0.1) is 3.57 Å². The Labute approximate surface area is 175 Å². The molecular weight excluding hydrogens is 471 g/mol. The number of amides is 1. The molecule has 1 amide bonds. The lowest BCUT2D eigenvalue weighted by molar-refractivity contribution is 0.0526. The molecule has 0 bridgehead atoms. The quantitative estimate of drug-likeness (QED) is 0.240. The number of hydrogen-bond donors (Lipinski definition) is 1. The lowest BCUT2D eigenvalue weighted by atomic mass is 10.1. The summed E-state index contributed by atoms with van der Waals surface area (Å²) in [6, 6.07) is 17.7. The van der Waals surface area contributed by atoms with E-state index in [-0.39, 0.29) is 11.9 Å². The summed E-state index contributed by atoms with van der Waals surface area (Å²) in [7, 11) is 0. The number of benzene rings is 2. The van der Waals surface area contributed by atoms with Gasteiger partial charge in [0.25, 0.3) is 5.91 Å². The van der Waals surface area contributed by atoms with Crippen LogP contribution in [-0.2, 0) is 4.74 Å². The standard InChI is InChI=1S/C21H17IN2O4/c1-2-27-21(26)15-8-6-14(7-9-15)19-11-10-18(28-19)13-23-24-20(25)16-4-3-5-17(22)12-16/h3-13H,2H2,1H3,(H,24,25)/b23-13+. The maximum Gasteiger partial charge on any atom is 0.338 e. The third kappa shape index (κ3) is 5.07. The van der Waals surface area contributed by atoms with Gasteiger partial charge in [0, 0.05) is 14.7 Å². The van der Waals surface area contributed by atoms with Crippen LogP contribution in [0.15, 0.2) is 70.2 Å². The predicted octanol–water partition coefficient (Wildman–Crippen LogP) is 4.49. The molecule has 1 N–H and O–H groups in total. The van der Waals surface area contributed by atoms with Gasteiger partial charge in [0.2, 0.25) is 0 Å². The number of furan rings is 1. The van der Waals surface area contributed by atoms with Crippen molar-refractivity contribution in [3.63, 3.8) is 0 Å². The Morgan fingerprint density at radius 1 is 1.11 bits per heavy atom. The molecule has 0 unspecified atom stereocenters. The highest BCUT2D eigenvalue weighted by molar-refractivity contribution is 14.1. The van der Waals surface area contributed by atoms with Gasteiger partial charge in [-0.15, -0.1) is 0 Å². The summed E-state index contributed by atoms with van der Waals surface area (Å²) in [4.78, 5) is 23.7. The number of nitrogens with one attached hydrogen (secondary N) is 1. The molecule has 2 aromatic carbocycles. The normalized spacial score (nSPS) is 10.8. The van der Waals surface area contributed by atoms with Gasteiger partial charge in [0.1, 0.15) is 11.5 Å². The molecule has 142 valence electrons. The Hall–Kier alpha value is -2.94. The maximum atomic E-state index is 12.1. The molecule has 0 saturated heterocycles. The molecule has 7 heteroatoms. The molecule has 0 aliphatic rings. The van der Waals surface area contributed by atoms with E-state index in [1.54, 1.807) is 55.5 Å². The van der Waals surface area contributed by atoms with Crippen molar-refractivity contribution in [3.05, 3.63) is 81.1 Å². The van der Waals surface area contributed by atoms with Gasteiger partial charge in [-0.25, -0.2) is 10.2 Å². The van der Waals surface area contributed by atoms with Crippen LogP contribution in [0.1, 0.15) is 33.4 Å². The predicted molar refractivity (Wildman–Crippen MR) is 114 cm³/mol. The summed E-state index contributed by atoms with van der Waals surface area (Å²) in [6.45, 7) is 2.10. The van der Waals surface area contributed by atoms with Crippen molar-refractivity contribution in [3.8, 4) is 11.3 Å². The summed E-state index contributed by atoms with van der Waals surface area (Å²) in [5.41, 5.74) is 4.30. The minimum absolute atomic E-state index is 0.295. The molecule has 3 rings (SSSR count). The average molecular weight is 488 g/mol. The zero-order valence-corrected chi connectivity index (χ0v) is 17.2. The molecule has 0 spiro atoms. The highest BCUT2D eigenvalue weighted by atomic mass is 127. The van der Waals surface area contributed by atoms with Crippen molar-refractivity contribution in [1.29, 1.82) is 0 Å². The first-order valence-electron chi connectivity index (χ1n) is 8.53. The fraction of sp³-hybridized carbons (Fsp3) is 0.0952. The second-order valence-corrected chi connectivity index (χ2v) is 6.95. The molecular formula is C21H17IN2O4. The van der Waals surface area contributed by atoms with E-state index >= 15 is 0 Å². The lowest BCUT2D eigenvalue weighted by Gasteiger charge is -2.02. The molecule has 0 aliphatic heterocycles. The Bertz CT molecular complexity index is 1010. The number of ether oxygens (including phenoxy) is 1. The van der Waals surface area contributed by atoms with Gasteiger partial charge in [0.15, 0.2) is 0 Å². The van der Waals surface area contributed by atoms with Crippen LogP contribution in [-0.4, -0.2) is 24.7 Å². The van der Waals surface area contributed by atoms with Gasteiger partial charge in [-0.2, -0.15) is 5.10 Å². The van der Waals surface area contributed by atoms with E-state index in [2.05, 4.69) is 33.1 Å². The van der Waals surface area contributed by atoms with Gasteiger partial charge < -0.3 is 9.15 Å². The Morgan fingerprint density at radius 3 is 2.61 bits per heavy atom. The molecule has 6 nitrogen and oxygen atoms in total. The monoisotopic (exact) mass is 488 g/mol. The minimum Gasteiger partial charge on any atom is -0.462 e. The van der Waals surface area contributed by atoms with E-state index in [0.717, 1.165) is 9.13 Å². The summed E-state index contributed by atoms with van der Waals surface area (Å²) >= 11 is 2.14. The average Bonchev–Trinajstić information content (AvgIpc) is 3.17. The topological polar surface area (TPSA) is 80.9 Å². The molecule has 3 aromatic rings. The maximum absolute atomic E-state index is 12.1. The van der Waals surface area contributed by atoms with Crippen LogP contribution in [0.2, 0.25) is 0 Å². The van der Waals surface area contributed by atoms with E-state index in [9.17, 15) is 9.59 Å². The first-order valence-corrected chi connectivity index (χ1v) is 9.61. The molecule has 0 saturated carbocycles. The van der Waals surface area contributed by atoms with Crippen LogP contribution >= 0.6 is 22.6 Å². The van der Waals surface area contributed by atoms with Crippen LogP contribution in [0.3, 0.4) is 0 Å². The van der Waals surface area contributed by atoms with Crippen molar-refractivity contribution < 1.29 is 18.7 Å². The van der Waals surface area contributed by atoms with Gasteiger partial charge in [-0.1, -0.05) is 18.2 Å².